The predicted molar refractivity (Wildman–Crippen MR) is 95.9 cm³/mol. The number of aromatic nitrogens is 2. The van der Waals surface area contributed by atoms with Crippen LogP contribution >= 0.6 is 11.6 Å². The summed E-state index contributed by atoms with van der Waals surface area (Å²) < 4.78 is 28.7. The number of carbonyl (C=O) groups is 1. The van der Waals surface area contributed by atoms with Crippen molar-refractivity contribution in [1.29, 1.82) is 0 Å². The Kier molecular flexibility index (Phi) is 5.87. The van der Waals surface area contributed by atoms with Gasteiger partial charge in [-0.05, 0) is 32.0 Å². The fraction of sp³-hybridized carbons (Fsp3) is 0.375. The molecule has 2 rings (SSSR count). The van der Waals surface area contributed by atoms with Gasteiger partial charge in [0, 0.05) is 38.4 Å². The summed E-state index contributed by atoms with van der Waals surface area (Å²) in [4.78, 5) is 14.1. The highest BCUT2D eigenvalue weighted by Gasteiger charge is 2.21. The van der Waals surface area contributed by atoms with Gasteiger partial charge in [0.25, 0.3) is 5.91 Å². The molecule has 0 spiro atoms. The number of aryl methyl sites for hydroxylation is 1. The van der Waals surface area contributed by atoms with E-state index in [1.54, 1.807) is 45.0 Å². The van der Waals surface area contributed by atoms with E-state index < -0.39 is 10.0 Å². The fourth-order valence-electron chi connectivity index (χ4n) is 2.32. The first kappa shape index (κ1) is 19.4. The average molecular weight is 385 g/mol. The molecule has 0 aliphatic carbocycles. The summed E-state index contributed by atoms with van der Waals surface area (Å²) >= 11 is 6.12. The Morgan fingerprint density at radius 3 is 2.64 bits per heavy atom. The van der Waals surface area contributed by atoms with E-state index in [0.29, 0.717) is 6.54 Å². The second-order valence-corrected chi connectivity index (χ2v) is 8.22. The van der Waals surface area contributed by atoms with E-state index in [9.17, 15) is 13.2 Å². The van der Waals surface area contributed by atoms with Crippen molar-refractivity contribution in [3.8, 4) is 0 Å². The third-order valence-corrected chi connectivity index (χ3v) is 5.38. The van der Waals surface area contributed by atoms with Crippen molar-refractivity contribution in [3.63, 3.8) is 0 Å². The van der Waals surface area contributed by atoms with E-state index in [1.165, 1.54) is 23.1 Å². The van der Waals surface area contributed by atoms with E-state index >= 15 is 0 Å². The third kappa shape index (κ3) is 4.81. The Morgan fingerprint density at radius 2 is 2.08 bits per heavy atom. The molecule has 9 heteroatoms. The quantitative estimate of drug-likeness (QED) is 0.825. The molecule has 2 aromatic rings. The molecule has 136 valence electrons. The number of nitrogens with zero attached hydrogens (tertiary/aromatic N) is 3. The van der Waals surface area contributed by atoms with Crippen LogP contribution in [0.3, 0.4) is 0 Å². The molecular weight excluding hydrogens is 364 g/mol. The SMILES string of the molecule is CC(C)NS(=O)(=O)c1ccc(Cl)c(C(=O)N(C)Cc2cnn(C)c2)c1. The molecule has 7 nitrogen and oxygen atoms in total. The van der Waals surface area contributed by atoms with Gasteiger partial charge in [-0.15, -0.1) is 0 Å². The van der Waals surface area contributed by atoms with Crippen molar-refractivity contribution < 1.29 is 13.2 Å². The summed E-state index contributed by atoms with van der Waals surface area (Å²) in [5.74, 6) is -0.365. The third-order valence-electron chi connectivity index (χ3n) is 3.39. The monoisotopic (exact) mass is 384 g/mol. The number of hydrogen-bond donors (Lipinski definition) is 1. The lowest BCUT2D eigenvalue weighted by molar-refractivity contribution is 0.0785. The van der Waals surface area contributed by atoms with Gasteiger partial charge in [-0.1, -0.05) is 11.6 Å². The van der Waals surface area contributed by atoms with Gasteiger partial charge < -0.3 is 4.90 Å². The molecule has 0 unspecified atom stereocenters. The Hall–Kier alpha value is -1.90. The normalized spacial score (nSPS) is 11.8. The average Bonchev–Trinajstić information content (AvgIpc) is 2.90. The highest BCUT2D eigenvalue weighted by molar-refractivity contribution is 7.89. The first-order chi connectivity index (χ1) is 11.6. The predicted octanol–water partition coefficient (Wildman–Crippen LogP) is 2.03. The van der Waals surface area contributed by atoms with Crippen molar-refractivity contribution in [3.05, 3.63) is 46.7 Å². The Labute approximate surface area is 152 Å². The molecule has 0 aliphatic heterocycles. The molecule has 1 amide bonds. The van der Waals surface area contributed by atoms with Gasteiger partial charge in [0.15, 0.2) is 0 Å². The van der Waals surface area contributed by atoms with Crippen molar-refractivity contribution in [2.24, 2.45) is 7.05 Å². The number of carbonyl (C=O) groups excluding carboxylic acids is 1. The summed E-state index contributed by atoms with van der Waals surface area (Å²) in [7, 11) is -0.292. The first-order valence-corrected chi connectivity index (χ1v) is 9.51. The fourth-order valence-corrected chi connectivity index (χ4v) is 3.79. The van der Waals surface area contributed by atoms with Crippen LogP contribution in [-0.2, 0) is 23.6 Å². The van der Waals surface area contributed by atoms with Gasteiger partial charge >= 0.3 is 0 Å². The highest BCUT2D eigenvalue weighted by Crippen LogP contribution is 2.22. The van der Waals surface area contributed by atoms with Crippen LogP contribution in [0.2, 0.25) is 5.02 Å². The second kappa shape index (κ2) is 7.55. The van der Waals surface area contributed by atoms with E-state index in [-0.39, 0.29) is 27.4 Å². The van der Waals surface area contributed by atoms with Crippen molar-refractivity contribution in [2.45, 2.75) is 31.3 Å². The van der Waals surface area contributed by atoms with Crippen LogP contribution in [0.15, 0.2) is 35.5 Å². The second-order valence-electron chi connectivity index (χ2n) is 6.10. The van der Waals surface area contributed by atoms with Gasteiger partial charge in [0.2, 0.25) is 10.0 Å². The molecule has 0 bridgehead atoms. The van der Waals surface area contributed by atoms with E-state index in [2.05, 4.69) is 9.82 Å². The zero-order chi connectivity index (χ0) is 18.8. The van der Waals surface area contributed by atoms with Crippen LogP contribution in [0.1, 0.15) is 29.8 Å². The molecule has 25 heavy (non-hydrogen) atoms. The Morgan fingerprint density at radius 1 is 1.40 bits per heavy atom. The standard InChI is InChI=1S/C16H21ClN4O3S/c1-11(2)19-25(23,24)13-5-6-15(17)14(7-13)16(22)20(3)9-12-8-18-21(4)10-12/h5-8,10-11,19H,9H2,1-4H3. The molecule has 0 saturated carbocycles. The molecule has 0 fully saturated rings. The van der Waals surface area contributed by atoms with Crippen molar-refractivity contribution >= 4 is 27.5 Å². The number of amides is 1. The maximum Gasteiger partial charge on any atom is 0.255 e. The lowest BCUT2D eigenvalue weighted by atomic mass is 10.2. The van der Waals surface area contributed by atoms with E-state index in [4.69, 9.17) is 11.6 Å². The van der Waals surface area contributed by atoms with Gasteiger partial charge in [-0.2, -0.15) is 5.10 Å². The zero-order valence-electron chi connectivity index (χ0n) is 14.5. The van der Waals surface area contributed by atoms with Crippen LogP contribution in [0.25, 0.3) is 0 Å². The Bertz CT molecular complexity index is 877. The molecule has 0 saturated heterocycles. The van der Waals surface area contributed by atoms with Gasteiger partial charge in [0.1, 0.15) is 0 Å². The number of hydrogen-bond acceptors (Lipinski definition) is 4. The van der Waals surface area contributed by atoms with Crippen LogP contribution < -0.4 is 4.72 Å². The topological polar surface area (TPSA) is 84.3 Å². The lowest BCUT2D eigenvalue weighted by Gasteiger charge is -2.18. The molecule has 0 aliphatic rings. The van der Waals surface area contributed by atoms with E-state index in [0.717, 1.165) is 5.56 Å². The molecule has 1 heterocycles. The molecule has 1 aromatic heterocycles. The number of rotatable bonds is 6. The minimum Gasteiger partial charge on any atom is -0.337 e. The first-order valence-electron chi connectivity index (χ1n) is 7.65. The Balaban J connectivity index is 2.28. The van der Waals surface area contributed by atoms with Crippen LogP contribution in [0, 0.1) is 0 Å². The zero-order valence-corrected chi connectivity index (χ0v) is 16.1. The van der Waals surface area contributed by atoms with Crippen molar-refractivity contribution in [1.82, 2.24) is 19.4 Å². The molecule has 1 aromatic carbocycles. The van der Waals surface area contributed by atoms with Crippen LogP contribution in [0.4, 0.5) is 0 Å². The minimum absolute atomic E-state index is 0.00345. The molecule has 0 atom stereocenters. The van der Waals surface area contributed by atoms with Crippen LogP contribution in [0.5, 0.6) is 0 Å². The summed E-state index contributed by atoms with van der Waals surface area (Å²) in [6.45, 7) is 3.78. The number of halogens is 1. The van der Waals surface area contributed by atoms with Gasteiger partial charge in [-0.25, -0.2) is 13.1 Å². The van der Waals surface area contributed by atoms with Gasteiger partial charge in [-0.3, -0.25) is 9.48 Å². The number of nitrogens with one attached hydrogen (secondary N) is 1. The molecule has 1 N–H and O–H groups in total. The van der Waals surface area contributed by atoms with Crippen molar-refractivity contribution in [2.75, 3.05) is 7.05 Å². The van der Waals surface area contributed by atoms with E-state index in [1.807, 2.05) is 0 Å². The summed E-state index contributed by atoms with van der Waals surface area (Å²) in [6.07, 6.45) is 3.47. The summed E-state index contributed by atoms with van der Waals surface area (Å²) in [5, 5.41) is 4.26. The van der Waals surface area contributed by atoms with Crippen LogP contribution in [-0.4, -0.2) is 42.1 Å². The van der Waals surface area contributed by atoms with Gasteiger partial charge in [0.05, 0.1) is 21.7 Å². The summed E-state index contributed by atoms with van der Waals surface area (Å²) in [6, 6.07) is 3.84. The molecule has 0 radical (unpaired) electrons. The molecular formula is C16H21ClN4O3S. The number of benzene rings is 1. The summed E-state index contributed by atoms with van der Waals surface area (Å²) in [5.41, 5.74) is 0.999. The lowest BCUT2D eigenvalue weighted by Crippen LogP contribution is -2.31. The smallest absolute Gasteiger partial charge is 0.255 e. The maximum atomic E-state index is 12.7. The minimum atomic E-state index is -3.71. The largest absolute Gasteiger partial charge is 0.337 e. The maximum absolute atomic E-state index is 12.7. The highest BCUT2D eigenvalue weighted by atomic mass is 35.5. The number of sulfonamides is 1.